The van der Waals surface area contributed by atoms with E-state index in [2.05, 4.69) is 10.2 Å². The molecule has 0 aliphatic carbocycles. The summed E-state index contributed by atoms with van der Waals surface area (Å²) in [5, 5.41) is 2.89. The van der Waals surface area contributed by atoms with Crippen LogP contribution in [0.15, 0.2) is 0 Å². The van der Waals surface area contributed by atoms with Crippen molar-refractivity contribution in [1.29, 1.82) is 0 Å². The van der Waals surface area contributed by atoms with Crippen molar-refractivity contribution < 1.29 is 8.42 Å². The van der Waals surface area contributed by atoms with E-state index in [9.17, 15) is 8.42 Å². The summed E-state index contributed by atoms with van der Waals surface area (Å²) in [5.41, 5.74) is 0. The van der Waals surface area contributed by atoms with E-state index in [1.165, 1.54) is 0 Å². The van der Waals surface area contributed by atoms with E-state index < -0.39 is 10.0 Å². The van der Waals surface area contributed by atoms with Gasteiger partial charge in [0, 0.05) is 25.7 Å². The topological polar surface area (TPSA) is 52.7 Å². The predicted molar refractivity (Wildman–Crippen MR) is 66.0 cm³/mol. The number of hydrogen-bond acceptors (Lipinski definition) is 4. The quantitative estimate of drug-likeness (QED) is 0.734. The zero-order valence-electron chi connectivity index (χ0n) is 10.4. The molecule has 0 aromatic rings. The SMILES string of the molecule is CNCCS(=O)(=O)N1CCCN(C)CC1C. The fourth-order valence-electron chi connectivity index (χ4n) is 2.11. The molecule has 0 bridgehead atoms. The molecule has 1 atom stereocenters. The maximum absolute atomic E-state index is 12.1. The van der Waals surface area contributed by atoms with Crippen molar-refractivity contribution in [3.05, 3.63) is 0 Å². The Hall–Kier alpha value is -0.170. The number of nitrogens with zero attached hydrogens (tertiary/aromatic N) is 2. The number of sulfonamides is 1. The van der Waals surface area contributed by atoms with Gasteiger partial charge in [-0.1, -0.05) is 0 Å². The van der Waals surface area contributed by atoms with Gasteiger partial charge in [-0.15, -0.1) is 0 Å². The van der Waals surface area contributed by atoms with Crippen LogP contribution in [-0.4, -0.2) is 69.7 Å². The van der Waals surface area contributed by atoms with Gasteiger partial charge in [-0.05, 0) is 34.0 Å². The second kappa shape index (κ2) is 5.95. The highest BCUT2D eigenvalue weighted by Gasteiger charge is 2.29. The Bertz CT molecular complexity index is 305. The van der Waals surface area contributed by atoms with Gasteiger partial charge in [0.1, 0.15) is 0 Å². The summed E-state index contributed by atoms with van der Waals surface area (Å²) < 4.78 is 25.8. The van der Waals surface area contributed by atoms with Crippen molar-refractivity contribution in [2.24, 2.45) is 0 Å². The summed E-state index contributed by atoms with van der Waals surface area (Å²) in [6.45, 7) is 4.94. The van der Waals surface area contributed by atoms with E-state index in [-0.39, 0.29) is 11.8 Å². The molecule has 1 rings (SSSR count). The highest BCUT2D eigenvalue weighted by molar-refractivity contribution is 7.89. The van der Waals surface area contributed by atoms with Gasteiger partial charge in [0.15, 0.2) is 0 Å². The lowest BCUT2D eigenvalue weighted by Crippen LogP contribution is -2.44. The molecule has 0 saturated carbocycles. The minimum absolute atomic E-state index is 0.0781. The molecular formula is C10H23N3O2S. The Labute approximate surface area is 98.8 Å². The maximum atomic E-state index is 12.1. The van der Waals surface area contributed by atoms with Gasteiger partial charge in [0.05, 0.1) is 5.75 Å². The summed E-state index contributed by atoms with van der Waals surface area (Å²) in [7, 11) is 0.718. The first-order valence-electron chi connectivity index (χ1n) is 5.80. The molecule has 0 aromatic heterocycles. The van der Waals surface area contributed by atoms with E-state index in [0.717, 1.165) is 19.5 Å². The van der Waals surface area contributed by atoms with Crippen LogP contribution in [0.4, 0.5) is 0 Å². The normalized spacial score (nSPS) is 25.6. The molecule has 0 radical (unpaired) electrons. The number of likely N-dealkylation sites (N-methyl/N-ethyl adjacent to an activating group) is 1. The number of nitrogens with one attached hydrogen (secondary N) is 1. The van der Waals surface area contributed by atoms with E-state index in [4.69, 9.17) is 0 Å². The average molecular weight is 249 g/mol. The molecule has 16 heavy (non-hydrogen) atoms. The van der Waals surface area contributed by atoms with Gasteiger partial charge in [0.2, 0.25) is 10.0 Å². The molecule has 1 unspecified atom stereocenters. The molecule has 5 nitrogen and oxygen atoms in total. The van der Waals surface area contributed by atoms with Crippen molar-refractivity contribution >= 4 is 10.0 Å². The molecule has 1 aliphatic heterocycles. The predicted octanol–water partition coefficient (Wildman–Crippen LogP) is -0.438. The number of hydrogen-bond donors (Lipinski definition) is 1. The van der Waals surface area contributed by atoms with Crippen LogP contribution in [0.3, 0.4) is 0 Å². The van der Waals surface area contributed by atoms with Gasteiger partial charge in [-0.25, -0.2) is 8.42 Å². The summed E-state index contributed by atoms with van der Waals surface area (Å²) in [6.07, 6.45) is 0.916. The van der Waals surface area contributed by atoms with Gasteiger partial charge < -0.3 is 10.2 Å². The molecule has 96 valence electrons. The lowest BCUT2D eigenvalue weighted by atomic mass is 10.3. The summed E-state index contributed by atoms with van der Waals surface area (Å²) in [5.74, 6) is 0.192. The van der Waals surface area contributed by atoms with Crippen molar-refractivity contribution in [2.45, 2.75) is 19.4 Å². The highest BCUT2D eigenvalue weighted by Crippen LogP contribution is 2.13. The van der Waals surface area contributed by atoms with Gasteiger partial charge in [-0.2, -0.15) is 4.31 Å². The van der Waals surface area contributed by atoms with Crippen LogP contribution in [0.5, 0.6) is 0 Å². The second-order valence-electron chi connectivity index (χ2n) is 4.50. The third-order valence-corrected chi connectivity index (χ3v) is 4.93. The lowest BCUT2D eigenvalue weighted by Gasteiger charge is -2.27. The van der Waals surface area contributed by atoms with Crippen molar-refractivity contribution in [3.63, 3.8) is 0 Å². The molecule has 1 heterocycles. The zero-order valence-corrected chi connectivity index (χ0v) is 11.3. The fourth-order valence-corrected chi connectivity index (χ4v) is 3.83. The van der Waals surface area contributed by atoms with Crippen molar-refractivity contribution in [3.8, 4) is 0 Å². The van der Waals surface area contributed by atoms with E-state index >= 15 is 0 Å². The third kappa shape index (κ3) is 3.69. The lowest BCUT2D eigenvalue weighted by molar-refractivity contribution is 0.290. The molecule has 1 aliphatic rings. The Balaban J connectivity index is 2.69. The molecule has 6 heteroatoms. The Morgan fingerprint density at radius 3 is 2.69 bits per heavy atom. The van der Waals surface area contributed by atoms with Gasteiger partial charge in [0.25, 0.3) is 0 Å². The van der Waals surface area contributed by atoms with Crippen LogP contribution in [0.1, 0.15) is 13.3 Å². The molecule has 1 saturated heterocycles. The van der Waals surface area contributed by atoms with Gasteiger partial charge in [-0.3, -0.25) is 0 Å². The average Bonchev–Trinajstić information content (AvgIpc) is 2.36. The molecular weight excluding hydrogens is 226 g/mol. The van der Waals surface area contributed by atoms with Crippen LogP contribution in [0.25, 0.3) is 0 Å². The van der Waals surface area contributed by atoms with Crippen LogP contribution in [-0.2, 0) is 10.0 Å². The first kappa shape index (κ1) is 13.9. The van der Waals surface area contributed by atoms with Crippen molar-refractivity contribution in [2.75, 3.05) is 46.0 Å². The summed E-state index contributed by atoms with van der Waals surface area (Å²) in [6, 6.07) is 0.0781. The smallest absolute Gasteiger partial charge is 0.215 e. The fraction of sp³-hybridized carbons (Fsp3) is 1.00. The standard InChI is InChI=1S/C10H23N3O2S/c1-10-9-12(3)6-4-7-13(10)16(14,15)8-5-11-2/h10-11H,4-9H2,1-3H3. The first-order valence-corrected chi connectivity index (χ1v) is 7.41. The third-order valence-electron chi connectivity index (χ3n) is 2.95. The van der Waals surface area contributed by atoms with E-state index in [1.54, 1.807) is 11.4 Å². The van der Waals surface area contributed by atoms with Crippen LogP contribution in [0.2, 0.25) is 0 Å². The molecule has 1 fully saturated rings. The Morgan fingerprint density at radius 1 is 1.38 bits per heavy atom. The van der Waals surface area contributed by atoms with Crippen LogP contribution in [0, 0.1) is 0 Å². The van der Waals surface area contributed by atoms with E-state index in [1.807, 2.05) is 14.0 Å². The first-order chi connectivity index (χ1) is 7.47. The Morgan fingerprint density at radius 2 is 2.06 bits per heavy atom. The van der Waals surface area contributed by atoms with Crippen LogP contribution >= 0.6 is 0 Å². The summed E-state index contributed by atoms with van der Waals surface area (Å²) in [4.78, 5) is 2.19. The molecule has 0 spiro atoms. The molecule has 0 aromatic carbocycles. The summed E-state index contributed by atoms with van der Waals surface area (Å²) >= 11 is 0. The largest absolute Gasteiger partial charge is 0.319 e. The second-order valence-corrected chi connectivity index (χ2v) is 6.54. The van der Waals surface area contributed by atoms with E-state index in [0.29, 0.717) is 13.1 Å². The number of rotatable bonds is 4. The van der Waals surface area contributed by atoms with Crippen LogP contribution < -0.4 is 5.32 Å². The van der Waals surface area contributed by atoms with Crippen molar-refractivity contribution in [1.82, 2.24) is 14.5 Å². The molecule has 1 N–H and O–H groups in total. The zero-order chi connectivity index (χ0) is 12.2. The highest BCUT2D eigenvalue weighted by atomic mass is 32.2. The monoisotopic (exact) mass is 249 g/mol. The Kier molecular flexibility index (Phi) is 5.17. The molecule has 0 amide bonds. The maximum Gasteiger partial charge on any atom is 0.215 e. The van der Waals surface area contributed by atoms with Gasteiger partial charge >= 0.3 is 0 Å². The minimum atomic E-state index is -3.10. The minimum Gasteiger partial charge on any atom is -0.319 e.